The van der Waals surface area contributed by atoms with Crippen LogP contribution in [0.15, 0.2) is 30.3 Å². The molecular weight excluding hydrogens is 323 g/mol. The molecule has 0 spiro atoms. The van der Waals surface area contributed by atoms with Crippen molar-refractivity contribution in [2.45, 2.75) is 10.2 Å². The van der Waals surface area contributed by atoms with Gasteiger partial charge in [-0.2, -0.15) is 0 Å². The second kappa shape index (κ2) is 7.41. The summed E-state index contributed by atoms with van der Waals surface area (Å²) in [6, 6.07) is 9.39. The normalized spacial score (nSPS) is 13.5. The van der Waals surface area contributed by atoms with Gasteiger partial charge in [-0.1, -0.05) is 0 Å². The van der Waals surface area contributed by atoms with Crippen LogP contribution in [0.25, 0.3) is 0 Å². The number of hydrogen-bond donors (Lipinski definition) is 0. The molecule has 0 bridgehead atoms. The van der Waals surface area contributed by atoms with E-state index in [1.165, 1.54) is 14.2 Å². The molecule has 0 saturated heterocycles. The molecule has 2 atom stereocenters. The van der Waals surface area contributed by atoms with Crippen molar-refractivity contribution in [3.8, 4) is 0 Å². The second-order valence-electron chi connectivity index (χ2n) is 3.30. The van der Waals surface area contributed by atoms with E-state index < -0.39 is 22.1 Å². The average Bonchev–Trinajstić information content (AvgIpc) is 2.43. The van der Waals surface area contributed by atoms with E-state index in [2.05, 4.69) is 9.47 Å². The minimum atomic E-state index is -1.03. The number of carbonyl (C=O) groups excluding carboxylic acids is 2. The summed E-state index contributed by atoms with van der Waals surface area (Å²) in [6.45, 7) is 0. The molecule has 0 N–H and O–H groups in total. The summed E-state index contributed by atoms with van der Waals surface area (Å²) in [5, 5.41) is -1.03. The van der Waals surface area contributed by atoms with Gasteiger partial charge in [-0.25, -0.2) is 0 Å². The van der Waals surface area contributed by atoms with Gasteiger partial charge in [0.25, 0.3) is 0 Å². The van der Waals surface area contributed by atoms with Crippen molar-refractivity contribution >= 4 is 43.0 Å². The predicted molar refractivity (Wildman–Crippen MR) is 69.3 cm³/mol. The van der Waals surface area contributed by atoms with Crippen LogP contribution >= 0.6 is 11.6 Å². The van der Waals surface area contributed by atoms with E-state index in [1.54, 1.807) is 0 Å². The molecule has 0 heterocycles. The molecule has 0 aliphatic carbocycles. The van der Waals surface area contributed by atoms with E-state index in [1.807, 2.05) is 30.3 Å². The topological polar surface area (TPSA) is 52.6 Å². The predicted octanol–water partition coefficient (Wildman–Crippen LogP) is 0.758. The number of halogens is 1. The van der Waals surface area contributed by atoms with Gasteiger partial charge in [0, 0.05) is 0 Å². The third kappa shape index (κ3) is 4.02. The molecule has 0 amide bonds. The molecule has 1 rings (SSSR count). The molecule has 6 heteroatoms. The Morgan fingerprint density at radius 3 is 2.17 bits per heavy atom. The third-order valence-electron chi connectivity index (χ3n) is 2.13. The summed E-state index contributed by atoms with van der Waals surface area (Å²) in [6.07, 6.45) is 0. The van der Waals surface area contributed by atoms with Gasteiger partial charge < -0.3 is 0 Å². The van der Waals surface area contributed by atoms with Gasteiger partial charge in [0.1, 0.15) is 0 Å². The summed E-state index contributed by atoms with van der Waals surface area (Å²) in [5.41, 5.74) is 0. The number of rotatable bonds is 5. The molecule has 1 aromatic carbocycles. The number of carbonyl (C=O) groups is 2. The number of esters is 2. The zero-order valence-corrected chi connectivity index (χ0v) is 12.4. The van der Waals surface area contributed by atoms with Crippen LogP contribution in [-0.4, -0.2) is 46.5 Å². The quantitative estimate of drug-likeness (QED) is 0.453. The summed E-state index contributed by atoms with van der Waals surface area (Å²) < 4.78 is 10.2. The van der Waals surface area contributed by atoms with Crippen molar-refractivity contribution in [2.75, 3.05) is 14.2 Å². The molecule has 0 saturated carbocycles. The first kappa shape index (κ1) is 15.0. The molecule has 98 valence electrons. The molecule has 0 radical (unpaired) electrons. The summed E-state index contributed by atoms with van der Waals surface area (Å²) >= 11 is 5.66. The minimum absolute atomic E-state index is 0.297. The molecule has 1 aromatic rings. The van der Waals surface area contributed by atoms with Crippen molar-refractivity contribution in [3.05, 3.63) is 30.3 Å². The van der Waals surface area contributed by atoms with Gasteiger partial charge in [0.05, 0.1) is 0 Å². The van der Waals surface area contributed by atoms with E-state index in [4.69, 9.17) is 11.6 Å². The first-order valence-corrected chi connectivity index (χ1v) is 7.39. The van der Waals surface area contributed by atoms with Crippen LogP contribution in [0.4, 0.5) is 0 Å². The fourth-order valence-corrected chi connectivity index (χ4v) is 3.85. The van der Waals surface area contributed by atoms with Gasteiger partial charge >= 0.3 is 117 Å². The Morgan fingerprint density at radius 1 is 1.11 bits per heavy atom. The first-order chi connectivity index (χ1) is 8.60. The van der Waals surface area contributed by atoms with Crippen LogP contribution in [0.3, 0.4) is 0 Å². The molecule has 18 heavy (non-hydrogen) atoms. The van der Waals surface area contributed by atoms with E-state index >= 15 is 0 Å². The van der Waals surface area contributed by atoms with Crippen molar-refractivity contribution < 1.29 is 19.1 Å². The molecule has 0 unspecified atom stereocenters. The maximum atomic E-state index is 11.7. The zero-order chi connectivity index (χ0) is 13.5. The summed E-state index contributed by atoms with van der Waals surface area (Å²) in [7, 11) is 2.51. The van der Waals surface area contributed by atoms with E-state index in [-0.39, 0.29) is 15.0 Å². The van der Waals surface area contributed by atoms with Crippen molar-refractivity contribution in [1.82, 2.24) is 0 Å². The standard InChI is InChI=1S/C12H13ClO4Se/c1-16-11(14)9(13)10(12(15)17-2)18-8-6-4-3-5-7-8/h3-7,9-10H,1-2H3/t9-,10+/m0/s1. The fourth-order valence-electron chi connectivity index (χ4n) is 1.23. The summed E-state index contributed by atoms with van der Waals surface area (Å²) in [4.78, 5) is 22.4. The van der Waals surface area contributed by atoms with Gasteiger partial charge in [-0.05, 0) is 0 Å². The van der Waals surface area contributed by atoms with Crippen LogP contribution in [-0.2, 0) is 19.1 Å². The average molecular weight is 336 g/mol. The Hall–Kier alpha value is -1.03. The Bertz CT molecular complexity index is 410. The van der Waals surface area contributed by atoms with Crippen LogP contribution in [0, 0.1) is 0 Å². The van der Waals surface area contributed by atoms with E-state index in [0.29, 0.717) is 0 Å². The second-order valence-corrected chi connectivity index (χ2v) is 6.32. The van der Waals surface area contributed by atoms with Crippen LogP contribution < -0.4 is 4.46 Å². The van der Waals surface area contributed by atoms with Crippen molar-refractivity contribution in [2.24, 2.45) is 0 Å². The molecule has 0 aliphatic heterocycles. The SMILES string of the molecule is COC(=O)[C@@H](Cl)[C@@H]([Se]c1ccccc1)C(=O)OC. The molecule has 0 aromatic heterocycles. The number of benzene rings is 1. The number of methoxy groups -OCH3 is 2. The van der Waals surface area contributed by atoms with E-state index in [0.717, 1.165) is 4.46 Å². The van der Waals surface area contributed by atoms with Gasteiger partial charge in [-0.15, -0.1) is 0 Å². The van der Waals surface area contributed by atoms with E-state index in [9.17, 15) is 9.59 Å². The van der Waals surface area contributed by atoms with Gasteiger partial charge in [-0.3, -0.25) is 0 Å². The molecule has 4 nitrogen and oxygen atoms in total. The number of hydrogen-bond acceptors (Lipinski definition) is 4. The molecular formula is C12H13ClO4Se. The summed E-state index contributed by atoms with van der Waals surface area (Å²) in [5.74, 6) is -1.12. The van der Waals surface area contributed by atoms with Crippen molar-refractivity contribution in [1.29, 1.82) is 0 Å². The Balaban J connectivity index is 2.86. The zero-order valence-electron chi connectivity index (χ0n) is 9.96. The van der Waals surface area contributed by atoms with Crippen LogP contribution in [0.2, 0.25) is 4.82 Å². The number of alkyl halides is 1. The van der Waals surface area contributed by atoms with Crippen LogP contribution in [0.1, 0.15) is 0 Å². The Morgan fingerprint density at radius 2 is 1.67 bits per heavy atom. The molecule has 0 aliphatic rings. The monoisotopic (exact) mass is 336 g/mol. The Labute approximate surface area is 117 Å². The Kier molecular flexibility index (Phi) is 6.19. The first-order valence-electron chi connectivity index (χ1n) is 5.11. The third-order valence-corrected chi connectivity index (χ3v) is 5.55. The van der Waals surface area contributed by atoms with Crippen LogP contribution in [0.5, 0.6) is 0 Å². The van der Waals surface area contributed by atoms with Crippen molar-refractivity contribution in [3.63, 3.8) is 0 Å². The van der Waals surface area contributed by atoms with Gasteiger partial charge in [0.15, 0.2) is 0 Å². The molecule has 0 fully saturated rings. The number of ether oxygens (including phenoxy) is 2. The van der Waals surface area contributed by atoms with Gasteiger partial charge in [0.2, 0.25) is 0 Å². The fraction of sp³-hybridized carbons (Fsp3) is 0.333. The maximum absolute atomic E-state index is 11.7.